The largest absolute Gasteiger partial charge is 0.319 e. The first-order chi connectivity index (χ1) is 6.67. The molecule has 0 saturated carbocycles. The van der Waals surface area contributed by atoms with E-state index in [4.69, 9.17) is 0 Å². The van der Waals surface area contributed by atoms with Gasteiger partial charge in [0.15, 0.2) is 0 Å². The van der Waals surface area contributed by atoms with Crippen LogP contribution in [-0.4, -0.2) is 20.8 Å². The van der Waals surface area contributed by atoms with Crippen molar-refractivity contribution in [1.82, 2.24) is 5.32 Å². The van der Waals surface area contributed by atoms with Crippen LogP contribution in [0, 0.1) is 0 Å². The zero-order valence-corrected chi connectivity index (χ0v) is 11.3. The van der Waals surface area contributed by atoms with Crippen molar-refractivity contribution in [3.8, 4) is 0 Å². The lowest BCUT2D eigenvalue weighted by molar-refractivity contribution is 0.616. The summed E-state index contributed by atoms with van der Waals surface area (Å²) in [6.07, 6.45) is 1.29. The molecule has 1 N–H and O–H groups in total. The van der Waals surface area contributed by atoms with Crippen LogP contribution < -0.4 is 5.32 Å². The van der Waals surface area contributed by atoms with Gasteiger partial charge in [-0.25, -0.2) is 0 Å². The van der Waals surface area contributed by atoms with Crippen molar-refractivity contribution in [2.24, 2.45) is 0 Å². The zero-order chi connectivity index (χ0) is 10.0. The molecule has 84 valence electrons. The van der Waals surface area contributed by atoms with Crippen molar-refractivity contribution in [1.29, 1.82) is 0 Å². The van der Waals surface area contributed by atoms with E-state index in [0.29, 0.717) is 0 Å². The second-order valence-electron chi connectivity index (χ2n) is 5.11. The highest BCUT2D eigenvalue weighted by atomic mass is 35.5. The Hall–Kier alpha value is -0.313. The lowest BCUT2D eigenvalue weighted by Crippen LogP contribution is -2.48. The molecule has 2 rings (SSSR count). The highest BCUT2D eigenvalue weighted by molar-refractivity contribution is 6.77. The van der Waals surface area contributed by atoms with Gasteiger partial charge in [-0.3, -0.25) is 0 Å². The van der Waals surface area contributed by atoms with Crippen LogP contribution in [-0.2, 0) is 0 Å². The summed E-state index contributed by atoms with van der Waals surface area (Å²) in [6, 6.07) is 12.4. The van der Waals surface area contributed by atoms with Crippen molar-refractivity contribution < 1.29 is 0 Å². The van der Waals surface area contributed by atoms with Crippen LogP contribution in [0.1, 0.15) is 11.5 Å². The van der Waals surface area contributed by atoms with E-state index in [0.717, 1.165) is 5.92 Å². The molecule has 1 fully saturated rings. The Morgan fingerprint density at radius 3 is 2.47 bits per heavy atom. The maximum Gasteiger partial charge on any atom is 0.0632 e. The SMILES string of the molecule is C[Si]1(C)CNCC(c2ccccc2)C1.Cl. The molecule has 0 amide bonds. The predicted molar refractivity (Wildman–Crippen MR) is 71.6 cm³/mol. The van der Waals surface area contributed by atoms with Crippen LogP contribution in [0.25, 0.3) is 0 Å². The normalized spacial score (nSPS) is 24.3. The molecule has 1 unspecified atom stereocenters. The van der Waals surface area contributed by atoms with E-state index in [1.807, 2.05) is 0 Å². The molecular weight excluding hydrogens is 222 g/mol. The highest BCUT2D eigenvalue weighted by Crippen LogP contribution is 2.28. The molecule has 1 saturated heterocycles. The molecule has 1 nitrogen and oxygen atoms in total. The van der Waals surface area contributed by atoms with Gasteiger partial charge in [-0.1, -0.05) is 43.4 Å². The molecule has 0 spiro atoms. The van der Waals surface area contributed by atoms with Gasteiger partial charge in [0.25, 0.3) is 0 Å². The minimum atomic E-state index is -0.947. The Kier molecular flexibility index (Phi) is 4.38. The lowest BCUT2D eigenvalue weighted by Gasteiger charge is -2.34. The van der Waals surface area contributed by atoms with Gasteiger partial charge >= 0.3 is 0 Å². The average Bonchev–Trinajstić information content (AvgIpc) is 2.18. The fourth-order valence-electron chi connectivity index (χ4n) is 2.36. The van der Waals surface area contributed by atoms with Gasteiger partial charge < -0.3 is 5.32 Å². The molecule has 1 aromatic rings. The molecule has 15 heavy (non-hydrogen) atoms. The number of benzene rings is 1. The second-order valence-corrected chi connectivity index (χ2v) is 10.2. The van der Waals surface area contributed by atoms with Crippen LogP contribution in [0.15, 0.2) is 30.3 Å². The molecule has 0 aromatic heterocycles. The van der Waals surface area contributed by atoms with Crippen LogP contribution in [0.3, 0.4) is 0 Å². The van der Waals surface area contributed by atoms with Crippen molar-refractivity contribution >= 4 is 20.5 Å². The smallest absolute Gasteiger partial charge is 0.0632 e. The molecule has 0 aliphatic carbocycles. The zero-order valence-electron chi connectivity index (χ0n) is 9.49. The molecule has 1 heterocycles. The number of nitrogens with one attached hydrogen (secondary N) is 1. The summed E-state index contributed by atoms with van der Waals surface area (Å²) in [7, 11) is -0.947. The first-order valence-corrected chi connectivity index (χ1v) is 8.84. The van der Waals surface area contributed by atoms with E-state index in [2.05, 4.69) is 48.7 Å². The minimum Gasteiger partial charge on any atom is -0.319 e. The number of halogens is 1. The van der Waals surface area contributed by atoms with Crippen molar-refractivity contribution in [3.05, 3.63) is 35.9 Å². The predicted octanol–water partition coefficient (Wildman–Crippen LogP) is 3.04. The summed E-state index contributed by atoms with van der Waals surface area (Å²) >= 11 is 0. The summed E-state index contributed by atoms with van der Waals surface area (Å²) in [4.78, 5) is 0. The Labute approximate surface area is 99.7 Å². The highest BCUT2D eigenvalue weighted by Gasteiger charge is 2.29. The Balaban J connectivity index is 0.00000112. The van der Waals surface area contributed by atoms with Gasteiger partial charge in [-0.15, -0.1) is 12.4 Å². The first-order valence-electron chi connectivity index (χ1n) is 5.43. The number of hydrogen-bond donors (Lipinski definition) is 1. The topological polar surface area (TPSA) is 12.0 Å². The van der Waals surface area contributed by atoms with Gasteiger partial charge in [-0.05, 0) is 23.7 Å². The molecule has 3 heteroatoms. The fourth-order valence-corrected chi connectivity index (χ4v) is 5.04. The maximum atomic E-state index is 3.59. The van der Waals surface area contributed by atoms with Crippen molar-refractivity contribution in [2.45, 2.75) is 25.1 Å². The van der Waals surface area contributed by atoms with E-state index in [9.17, 15) is 0 Å². The van der Waals surface area contributed by atoms with Gasteiger partial charge in [-0.2, -0.15) is 0 Å². The molecule has 1 aliphatic rings. The van der Waals surface area contributed by atoms with Crippen molar-refractivity contribution in [2.75, 3.05) is 12.7 Å². The van der Waals surface area contributed by atoms with Crippen LogP contribution in [0.5, 0.6) is 0 Å². The summed E-state index contributed by atoms with van der Waals surface area (Å²) in [5.41, 5.74) is 1.51. The maximum absolute atomic E-state index is 3.59. The van der Waals surface area contributed by atoms with E-state index in [1.54, 1.807) is 0 Å². The van der Waals surface area contributed by atoms with Gasteiger partial charge in [0.2, 0.25) is 0 Å². The van der Waals surface area contributed by atoms with E-state index in [-0.39, 0.29) is 12.4 Å². The molecule has 0 radical (unpaired) electrons. The van der Waals surface area contributed by atoms with Gasteiger partial charge in [0.05, 0.1) is 8.07 Å². The van der Waals surface area contributed by atoms with Crippen LogP contribution in [0.4, 0.5) is 0 Å². The standard InChI is InChI=1S/C12H19NSi.ClH/c1-14(2)9-12(8-13-10-14)11-6-4-3-5-7-11;/h3-7,12-13H,8-10H2,1-2H3;1H. The second kappa shape index (κ2) is 5.15. The van der Waals surface area contributed by atoms with Crippen molar-refractivity contribution in [3.63, 3.8) is 0 Å². The first kappa shape index (κ1) is 12.8. The fraction of sp³-hybridized carbons (Fsp3) is 0.500. The van der Waals surface area contributed by atoms with Gasteiger partial charge in [0.1, 0.15) is 0 Å². The average molecular weight is 242 g/mol. The molecule has 1 aromatic carbocycles. The Bertz CT molecular complexity index is 300. The van der Waals surface area contributed by atoms with Crippen LogP contribution >= 0.6 is 12.4 Å². The monoisotopic (exact) mass is 241 g/mol. The summed E-state index contributed by atoms with van der Waals surface area (Å²) in [5, 5.41) is 3.59. The summed E-state index contributed by atoms with van der Waals surface area (Å²) in [5.74, 6) is 0.756. The third-order valence-corrected chi connectivity index (χ3v) is 5.87. The van der Waals surface area contributed by atoms with E-state index >= 15 is 0 Å². The molecular formula is C12H20ClNSi. The number of hydrogen-bond acceptors (Lipinski definition) is 1. The van der Waals surface area contributed by atoms with E-state index < -0.39 is 8.07 Å². The lowest BCUT2D eigenvalue weighted by atomic mass is 10.0. The molecule has 1 aliphatic heterocycles. The Morgan fingerprint density at radius 1 is 1.20 bits per heavy atom. The summed E-state index contributed by atoms with van der Waals surface area (Å²) < 4.78 is 0. The quantitative estimate of drug-likeness (QED) is 0.746. The van der Waals surface area contributed by atoms with Crippen LogP contribution in [0.2, 0.25) is 19.1 Å². The molecule has 1 atom stereocenters. The van der Waals surface area contributed by atoms with E-state index in [1.165, 1.54) is 24.3 Å². The minimum absolute atomic E-state index is 0. The number of rotatable bonds is 1. The summed E-state index contributed by atoms with van der Waals surface area (Å²) in [6.45, 7) is 6.13. The van der Waals surface area contributed by atoms with Gasteiger partial charge in [0, 0.05) is 6.54 Å². The third kappa shape index (κ3) is 3.33. The Morgan fingerprint density at radius 2 is 1.87 bits per heavy atom. The third-order valence-electron chi connectivity index (χ3n) is 3.06. The molecule has 0 bridgehead atoms.